The minimum atomic E-state index is -0.678. The van der Waals surface area contributed by atoms with Gasteiger partial charge in [-0.05, 0) is 32.1 Å². The molecule has 1 amide bonds. The Morgan fingerprint density at radius 3 is 2.67 bits per heavy atom. The molecule has 0 bridgehead atoms. The smallest absolute Gasteiger partial charge is 0.249 e. The van der Waals surface area contributed by atoms with Gasteiger partial charge < -0.3 is 9.84 Å². The Kier molecular flexibility index (Phi) is 6.60. The molecule has 1 fully saturated rings. The van der Waals surface area contributed by atoms with E-state index in [0.717, 1.165) is 19.3 Å². The van der Waals surface area contributed by atoms with E-state index in [4.69, 9.17) is 9.57 Å². The van der Waals surface area contributed by atoms with Crippen LogP contribution in [0.3, 0.4) is 0 Å². The highest BCUT2D eigenvalue weighted by molar-refractivity contribution is 5.78. The third-order valence-electron chi connectivity index (χ3n) is 3.07. The second-order valence-electron chi connectivity index (χ2n) is 5.36. The average Bonchev–Trinajstić information content (AvgIpc) is 2.34. The Hall–Kier alpha value is -0.650. The number of rotatable bonds is 6. The summed E-state index contributed by atoms with van der Waals surface area (Å²) in [5.41, 5.74) is 2.42. The molecule has 3 atom stereocenters. The number of hydrogen-bond donors (Lipinski definition) is 2. The maximum absolute atomic E-state index is 11.9. The number of carbonyl (C=O) groups is 1. The van der Waals surface area contributed by atoms with Crippen molar-refractivity contribution in [3.05, 3.63) is 0 Å². The van der Waals surface area contributed by atoms with E-state index in [1.165, 1.54) is 0 Å². The fourth-order valence-corrected chi connectivity index (χ4v) is 2.03. The van der Waals surface area contributed by atoms with Crippen molar-refractivity contribution in [2.45, 2.75) is 58.8 Å². The molecule has 1 heterocycles. The summed E-state index contributed by atoms with van der Waals surface area (Å²) in [7, 11) is 0. The minimum Gasteiger partial charge on any atom is -0.393 e. The third-order valence-corrected chi connectivity index (χ3v) is 3.07. The summed E-state index contributed by atoms with van der Waals surface area (Å²) < 4.78 is 5.35. The van der Waals surface area contributed by atoms with E-state index in [9.17, 15) is 9.90 Å². The van der Waals surface area contributed by atoms with E-state index in [1.807, 2.05) is 13.8 Å². The van der Waals surface area contributed by atoms with Crippen LogP contribution in [0.15, 0.2) is 0 Å². The SMILES string of the molecule is CC(C)C[C@@H](C(=O)NOC1CCCCO1)[C@@H](C)O. The van der Waals surface area contributed by atoms with Crippen molar-refractivity contribution in [2.75, 3.05) is 6.61 Å². The quantitative estimate of drug-likeness (QED) is 0.711. The van der Waals surface area contributed by atoms with Crippen LogP contribution in [0.4, 0.5) is 0 Å². The van der Waals surface area contributed by atoms with Crippen molar-refractivity contribution in [1.82, 2.24) is 5.48 Å². The molecule has 0 saturated carbocycles. The first-order chi connectivity index (χ1) is 8.50. The molecule has 1 aliphatic rings. The number of carbonyl (C=O) groups excluding carboxylic acids is 1. The van der Waals surface area contributed by atoms with Gasteiger partial charge >= 0.3 is 0 Å². The first kappa shape index (κ1) is 15.4. The summed E-state index contributed by atoms with van der Waals surface area (Å²) in [6, 6.07) is 0. The maximum Gasteiger partial charge on any atom is 0.249 e. The lowest BCUT2D eigenvalue weighted by Crippen LogP contribution is -2.40. The predicted molar refractivity (Wildman–Crippen MR) is 67.4 cm³/mol. The van der Waals surface area contributed by atoms with Crippen molar-refractivity contribution in [3.8, 4) is 0 Å². The average molecular weight is 259 g/mol. The lowest BCUT2D eigenvalue weighted by Gasteiger charge is -2.25. The van der Waals surface area contributed by atoms with Crippen molar-refractivity contribution < 1.29 is 19.5 Å². The first-order valence-electron chi connectivity index (χ1n) is 6.76. The molecule has 0 aromatic carbocycles. The molecule has 0 spiro atoms. The second-order valence-corrected chi connectivity index (χ2v) is 5.36. The lowest BCUT2D eigenvalue weighted by molar-refractivity contribution is -0.203. The zero-order valence-electron chi connectivity index (χ0n) is 11.5. The number of amides is 1. The number of aliphatic hydroxyl groups is 1. The van der Waals surface area contributed by atoms with Crippen molar-refractivity contribution in [3.63, 3.8) is 0 Å². The van der Waals surface area contributed by atoms with E-state index in [0.29, 0.717) is 18.9 Å². The summed E-state index contributed by atoms with van der Waals surface area (Å²) in [6.45, 7) is 6.34. The monoisotopic (exact) mass is 259 g/mol. The molecule has 1 unspecified atom stereocenters. The van der Waals surface area contributed by atoms with Crippen LogP contribution in [0, 0.1) is 11.8 Å². The Labute approximate surface area is 109 Å². The standard InChI is InChI=1S/C13H25NO4/c1-9(2)8-11(10(3)15)13(16)14-18-12-6-4-5-7-17-12/h9-12,15H,4-8H2,1-3H3,(H,14,16)/t10-,11-,12?/m1/s1. The maximum atomic E-state index is 11.9. The minimum absolute atomic E-state index is 0.270. The van der Waals surface area contributed by atoms with Gasteiger partial charge in [-0.1, -0.05) is 13.8 Å². The van der Waals surface area contributed by atoms with Crippen LogP contribution >= 0.6 is 0 Å². The molecule has 5 nitrogen and oxygen atoms in total. The van der Waals surface area contributed by atoms with Gasteiger partial charge in [-0.3, -0.25) is 4.79 Å². The number of aliphatic hydroxyl groups excluding tert-OH is 1. The number of hydroxylamine groups is 1. The first-order valence-corrected chi connectivity index (χ1v) is 6.76. The largest absolute Gasteiger partial charge is 0.393 e. The summed E-state index contributed by atoms with van der Waals surface area (Å²) >= 11 is 0. The van der Waals surface area contributed by atoms with E-state index in [1.54, 1.807) is 6.92 Å². The molecule has 18 heavy (non-hydrogen) atoms. The Bertz CT molecular complexity index is 249. The molecule has 2 N–H and O–H groups in total. The van der Waals surface area contributed by atoms with Gasteiger partial charge in [0.1, 0.15) is 0 Å². The zero-order chi connectivity index (χ0) is 13.5. The van der Waals surface area contributed by atoms with Crippen LogP contribution in [-0.2, 0) is 14.4 Å². The molecule has 1 saturated heterocycles. The Morgan fingerprint density at radius 2 is 2.17 bits per heavy atom. The van der Waals surface area contributed by atoms with E-state index < -0.39 is 12.0 Å². The molecule has 106 valence electrons. The zero-order valence-corrected chi connectivity index (χ0v) is 11.5. The van der Waals surface area contributed by atoms with Crippen LogP contribution in [0.25, 0.3) is 0 Å². The molecule has 0 radical (unpaired) electrons. The van der Waals surface area contributed by atoms with Gasteiger partial charge in [0.2, 0.25) is 5.91 Å². The van der Waals surface area contributed by atoms with Crippen LogP contribution in [0.2, 0.25) is 0 Å². The predicted octanol–water partition coefficient (Wildman–Crippen LogP) is 1.60. The van der Waals surface area contributed by atoms with Crippen molar-refractivity contribution in [1.29, 1.82) is 0 Å². The van der Waals surface area contributed by atoms with Crippen LogP contribution in [0.1, 0.15) is 46.5 Å². The molecule has 5 heteroatoms. The summed E-state index contributed by atoms with van der Waals surface area (Å²) in [5.74, 6) is -0.359. The Morgan fingerprint density at radius 1 is 1.44 bits per heavy atom. The number of hydrogen-bond acceptors (Lipinski definition) is 4. The van der Waals surface area contributed by atoms with Gasteiger partial charge in [0.25, 0.3) is 0 Å². The number of nitrogens with one attached hydrogen (secondary N) is 1. The van der Waals surface area contributed by atoms with Crippen LogP contribution in [0.5, 0.6) is 0 Å². The van der Waals surface area contributed by atoms with Gasteiger partial charge in [0.05, 0.1) is 12.0 Å². The fraction of sp³-hybridized carbons (Fsp3) is 0.923. The molecular weight excluding hydrogens is 234 g/mol. The second kappa shape index (κ2) is 7.71. The van der Waals surface area contributed by atoms with Crippen LogP contribution in [-0.4, -0.2) is 30.0 Å². The molecular formula is C13H25NO4. The summed E-state index contributed by atoms with van der Waals surface area (Å²) in [6.07, 6.45) is 2.49. The highest BCUT2D eigenvalue weighted by atomic mass is 16.8. The van der Waals surface area contributed by atoms with E-state index in [-0.39, 0.29) is 12.2 Å². The lowest BCUT2D eigenvalue weighted by atomic mass is 9.92. The summed E-state index contributed by atoms with van der Waals surface area (Å²) in [4.78, 5) is 17.1. The van der Waals surface area contributed by atoms with Gasteiger partial charge in [-0.25, -0.2) is 10.3 Å². The van der Waals surface area contributed by atoms with E-state index in [2.05, 4.69) is 5.48 Å². The molecule has 0 aliphatic carbocycles. The molecule has 1 aliphatic heterocycles. The van der Waals surface area contributed by atoms with Crippen molar-refractivity contribution >= 4 is 5.91 Å². The molecule has 1 rings (SSSR count). The van der Waals surface area contributed by atoms with Gasteiger partial charge in [-0.15, -0.1) is 0 Å². The molecule has 0 aromatic rings. The van der Waals surface area contributed by atoms with E-state index >= 15 is 0 Å². The van der Waals surface area contributed by atoms with Gasteiger partial charge in [0.15, 0.2) is 6.29 Å². The molecule has 0 aromatic heterocycles. The topological polar surface area (TPSA) is 67.8 Å². The Balaban J connectivity index is 2.35. The summed E-state index contributed by atoms with van der Waals surface area (Å²) in [5, 5.41) is 9.62. The highest BCUT2D eigenvalue weighted by Gasteiger charge is 2.26. The van der Waals surface area contributed by atoms with Crippen LogP contribution < -0.4 is 5.48 Å². The van der Waals surface area contributed by atoms with Crippen molar-refractivity contribution in [2.24, 2.45) is 11.8 Å². The highest BCUT2D eigenvalue weighted by Crippen LogP contribution is 2.17. The normalized spacial score (nSPS) is 23.7. The third kappa shape index (κ3) is 5.33. The van der Waals surface area contributed by atoms with Gasteiger partial charge in [0, 0.05) is 13.0 Å². The number of ether oxygens (including phenoxy) is 1. The van der Waals surface area contributed by atoms with Gasteiger partial charge in [-0.2, -0.15) is 0 Å². The fourth-order valence-electron chi connectivity index (χ4n) is 2.03.